The number of piperidine rings is 1. The van der Waals surface area contributed by atoms with E-state index in [0.29, 0.717) is 35.2 Å². The minimum atomic E-state index is -0.555. The number of aromatic nitrogens is 2. The van der Waals surface area contributed by atoms with E-state index < -0.39 is 5.91 Å². The molecule has 4 aromatic rings. The van der Waals surface area contributed by atoms with E-state index in [1.165, 1.54) is 4.57 Å². The second-order valence-corrected chi connectivity index (χ2v) is 8.58. The molecule has 33 heavy (non-hydrogen) atoms. The van der Waals surface area contributed by atoms with Gasteiger partial charge in [0.05, 0.1) is 11.2 Å². The van der Waals surface area contributed by atoms with Crippen molar-refractivity contribution < 1.29 is 9.21 Å². The Morgan fingerprint density at radius 3 is 2.67 bits per heavy atom. The molecule has 1 amide bonds. The predicted octanol–water partition coefficient (Wildman–Crippen LogP) is 3.34. The van der Waals surface area contributed by atoms with Gasteiger partial charge < -0.3 is 19.6 Å². The number of oxazole rings is 1. The van der Waals surface area contributed by atoms with E-state index in [4.69, 9.17) is 15.1 Å². The molecule has 1 fully saturated rings. The molecule has 1 saturated heterocycles. The summed E-state index contributed by atoms with van der Waals surface area (Å²) in [7, 11) is 1.63. The van der Waals surface area contributed by atoms with Crippen molar-refractivity contribution in [2.75, 3.05) is 18.0 Å². The lowest BCUT2D eigenvalue weighted by atomic mass is 9.95. The first-order valence-electron chi connectivity index (χ1n) is 10.9. The maximum absolute atomic E-state index is 12.9. The minimum Gasteiger partial charge on any atom is -0.440 e. The molecule has 0 radical (unpaired) electrons. The highest BCUT2D eigenvalue weighted by Gasteiger charge is 2.28. The molecule has 1 aliphatic rings. The minimum absolute atomic E-state index is 0.0717. The number of hydrogen-bond acceptors (Lipinski definition) is 6. The summed E-state index contributed by atoms with van der Waals surface area (Å²) in [5.74, 6) is 0.319. The Morgan fingerprint density at radius 1 is 1.21 bits per heavy atom. The third-order valence-corrected chi connectivity index (χ3v) is 6.48. The summed E-state index contributed by atoms with van der Waals surface area (Å²) >= 11 is 0. The van der Waals surface area contributed by atoms with Crippen molar-refractivity contribution in [3.8, 4) is 6.07 Å². The number of anilines is 1. The maximum Gasteiger partial charge on any atom is 0.270 e. The van der Waals surface area contributed by atoms with Gasteiger partial charge in [0.15, 0.2) is 11.5 Å². The van der Waals surface area contributed by atoms with Crippen molar-refractivity contribution in [3.05, 3.63) is 69.3 Å². The fourth-order valence-corrected chi connectivity index (χ4v) is 4.69. The summed E-state index contributed by atoms with van der Waals surface area (Å²) in [6.07, 6.45) is 1.53. The second kappa shape index (κ2) is 7.78. The second-order valence-electron chi connectivity index (χ2n) is 8.58. The molecule has 0 spiro atoms. The molecule has 166 valence electrons. The van der Waals surface area contributed by atoms with Crippen molar-refractivity contribution in [2.24, 2.45) is 12.8 Å². The van der Waals surface area contributed by atoms with Crippen LogP contribution in [0.25, 0.3) is 22.0 Å². The number of amides is 1. The zero-order valence-corrected chi connectivity index (χ0v) is 18.5. The van der Waals surface area contributed by atoms with Gasteiger partial charge >= 0.3 is 0 Å². The molecular formula is C25H23N5O3. The third kappa shape index (κ3) is 3.42. The zero-order chi connectivity index (χ0) is 23.3. The Labute approximate surface area is 189 Å². The largest absolute Gasteiger partial charge is 0.440 e. The number of fused-ring (bicyclic) bond motifs is 2. The van der Waals surface area contributed by atoms with Gasteiger partial charge in [-0.15, -0.1) is 0 Å². The van der Waals surface area contributed by atoms with E-state index in [9.17, 15) is 14.9 Å². The Bertz CT molecular complexity index is 1520. The smallest absolute Gasteiger partial charge is 0.270 e. The molecule has 1 aliphatic heterocycles. The van der Waals surface area contributed by atoms with Gasteiger partial charge in [0.1, 0.15) is 17.1 Å². The number of aryl methyl sites for hydroxylation is 2. The molecule has 0 unspecified atom stereocenters. The van der Waals surface area contributed by atoms with Gasteiger partial charge in [0, 0.05) is 37.0 Å². The van der Waals surface area contributed by atoms with Crippen LogP contribution < -0.4 is 16.2 Å². The average Bonchev–Trinajstić information content (AvgIpc) is 3.24. The summed E-state index contributed by atoms with van der Waals surface area (Å²) < 4.78 is 7.45. The molecule has 0 bridgehead atoms. The molecule has 8 heteroatoms. The fourth-order valence-electron chi connectivity index (χ4n) is 4.69. The van der Waals surface area contributed by atoms with Crippen molar-refractivity contribution >= 4 is 33.6 Å². The summed E-state index contributed by atoms with van der Waals surface area (Å²) in [6, 6.07) is 13.0. The Morgan fingerprint density at radius 2 is 1.97 bits per heavy atom. The van der Waals surface area contributed by atoms with E-state index in [1.807, 2.05) is 25.1 Å². The lowest BCUT2D eigenvalue weighted by molar-refractivity contribution is 0.100. The molecule has 2 N–H and O–H groups in total. The Hall–Kier alpha value is -4.12. The summed E-state index contributed by atoms with van der Waals surface area (Å²) in [5, 5.41) is 10.5. The highest BCUT2D eigenvalue weighted by molar-refractivity contribution is 6.01. The van der Waals surface area contributed by atoms with Crippen molar-refractivity contribution in [2.45, 2.75) is 25.7 Å². The predicted molar refractivity (Wildman–Crippen MR) is 125 cm³/mol. The van der Waals surface area contributed by atoms with Gasteiger partial charge in [-0.05, 0) is 55.7 Å². The summed E-state index contributed by atoms with van der Waals surface area (Å²) in [4.78, 5) is 31.4. The number of carbonyl (C=O) groups excluding carboxylic acids is 1. The van der Waals surface area contributed by atoms with Crippen LogP contribution in [0.3, 0.4) is 0 Å². The standard InChI is InChI=1S/C25H23N5O3/c1-14-3-6-21-19(11-14)28-24(33-21)15-7-9-30(10-8-15)22-17-12-16(23(27)31)4-5-20(17)29(2)25(32)18(22)13-26/h3-6,11-12,15H,7-10H2,1-2H3,(H2,27,31). The van der Waals surface area contributed by atoms with Crippen LogP contribution in [-0.2, 0) is 7.05 Å². The highest BCUT2D eigenvalue weighted by Crippen LogP contribution is 2.36. The molecule has 2 aromatic carbocycles. The highest BCUT2D eigenvalue weighted by atomic mass is 16.3. The first-order valence-corrected chi connectivity index (χ1v) is 10.9. The number of primary amides is 1. The monoisotopic (exact) mass is 441 g/mol. The SMILES string of the molecule is Cc1ccc2oc(C3CCN(c4c(C#N)c(=O)n(C)c5ccc(C(N)=O)cc45)CC3)nc2c1. The number of benzene rings is 2. The van der Waals surface area contributed by atoms with E-state index in [0.717, 1.165) is 35.4 Å². The molecular weight excluding hydrogens is 418 g/mol. The van der Waals surface area contributed by atoms with Crippen molar-refractivity contribution in [3.63, 3.8) is 0 Å². The topological polar surface area (TPSA) is 118 Å². The van der Waals surface area contributed by atoms with Gasteiger partial charge in [-0.2, -0.15) is 5.26 Å². The van der Waals surface area contributed by atoms with Crippen LogP contribution in [0.2, 0.25) is 0 Å². The lowest BCUT2D eigenvalue weighted by Gasteiger charge is -2.33. The molecule has 0 saturated carbocycles. The van der Waals surface area contributed by atoms with Gasteiger partial charge in [-0.1, -0.05) is 6.07 Å². The zero-order valence-electron chi connectivity index (χ0n) is 18.5. The molecule has 8 nitrogen and oxygen atoms in total. The maximum atomic E-state index is 12.9. The van der Waals surface area contributed by atoms with Crippen molar-refractivity contribution in [1.82, 2.24) is 9.55 Å². The van der Waals surface area contributed by atoms with Crippen LogP contribution in [-0.4, -0.2) is 28.5 Å². The van der Waals surface area contributed by atoms with Gasteiger partial charge in [-0.25, -0.2) is 4.98 Å². The molecule has 0 atom stereocenters. The third-order valence-electron chi connectivity index (χ3n) is 6.48. The van der Waals surface area contributed by atoms with Crippen LogP contribution in [0.15, 0.2) is 45.6 Å². The fraction of sp³-hybridized carbons (Fsp3) is 0.280. The molecule has 3 heterocycles. The Balaban J connectivity index is 1.52. The quantitative estimate of drug-likeness (QED) is 0.521. The average molecular weight is 441 g/mol. The number of carbonyl (C=O) groups is 1. The first kappa shape index (κ1) is 20.8. The first-order chi connectivity index (χ1) is 15.9. The Kier molecular flexibility index (Phi) is 4.90. The molecule has 5 rings (SSSR count). The number of nitrogens with two attached hydrogens (primary N) is 1. The lowest BCUT2D eigenvalue weighted by Crippen LogP contribution is -2.36. The number of pyridine rings is 1. The van der Waals surface area contributed by atoms with E-state index in [1.54, 1.807) is 25.2 Å². The number of nitrogens with zero attached hydrogens (tertiary/aromatic N) is 4. The normalized spacial score (nSPS) is 14.6. The van der Waals surface area contributed by atoms with E-state index in [-0.39, 0.29) is 17.0 Å². The summed E-state index contributed by atoms with van der Waals surface area (Å²) in [6.45, 7) is 3.28. The molecule has 2 aromatic heterocycles. The van der Waals surface area contributed by atoms with Gasteiger partial charge in [0.2, 0.25) is 5.91 Å². The number of hydrogen-bond donors (Lipinski definition) is 1. The van der Waals surface area contributed by atoms with Gasteiger partial charge in [0.25, 0.3) is 5.56 Å². The van der Waals surface area contributed by atoms with Gasteiger partial charge in [-0.3, -0.25) is 9.59 Å². The van der Waals surface area contributed by atoms with Crippen LogP contribution in [0.5, 0.6) is 0 Å². The number of nitriles is 1. The van der Waals surface area contributed by atoms with E-state index >= 15 is 0 Å². The molecule has 0 aliphatic carbocycles. The van der Waals surface area contributed by atoms with Crippen LogP contribution >= 0.6 is 0 Å². The van der Waals surface area contributed by atoms with Crippen LogP contribution in [0.4, 0.5) is 5.69 Å². The van der Waals surface area contributed by atoms with Crippen LogP contribution in [0.1, 0.15) is 46.1 Å². The number of rotatable bonds is 3. The van der Waals surface area contributed by atoms with Crippen molar-refractivity contribution in [1.29, 1.82) is 5.26 Å². The summed E-state index contributed by atoms with van der Waals surface area (Å²) in [5.41, 5.74) is 9.52. The van der Waals surface area contributed by atoms with Crippen LogP contribution in [0, 0.1) is 18.3 Å². The van der Waals surface area contributed by atoms with E-state index in [2.05, 4.69) is 11.0 Å².